The second-order valence-electron chi connectivity index (χ2n) is 4.85. The third-order valence-electron chi connectivity index (χ3n) is 3.83. The van der Waals surface area contributed by atoms with Crippen LogP contribution in [0.5, 0.6) is 0 Å². The van der Waals surface area contributed by atoms with E-state index in [9.17, 15) is 0 Å². The molecule has 3 rings (SSSR count). The molecule has 86 valence electrons. The fourth-order valence-electron chi connectivity index (χ4n) is 3.01. The van der Waals surface area contributed by atoms with Gasteiger partial charge in [-0.2, -0.15) is 0 Å². The van der Waals surface area contributed by atoms with Gasteiger partial charge in [-0.1, -0.05) is 31.5 Å². The number of benzene rings is 1. The monoisotopic (exact) mass is 217 g/mol. The van der Waals surface area contributed by atoms with Crippen molar-refractivity contribution in [1.29, 1.82) is 0 Å². The lowest BCUT2D eigenvalue weighted by Crippen LogP contribution is -2.27. The Bertz CT molecular complexity index is 388. The third kappa shape index (κ3) is 1.57. The molecule has 0 bridgehead atoms. The van der Waals surface area contributed by atoms with Crippen molar-refractivity contribution in [2.45, 2.75) is 38.4 Å². The molecule has 16 heavy (non-hydrogen) atoms. The molecule has 0 aliphatic carbocycles. The average Bonchev–Trinajstić information content (AvgIpc) is 2.78. The number of rotatable bonds is 2. The maximum atomic E-state index is 5.95. The fraction of sp³-hybridized carbons (Fsp3) is 0.571. The summed E-state index contributed by atoms with van der Waals surface area (Å²) in [4.78, 5) is 0. The van der Waals surface area contributed by atoms with Crippen LogP contribution in [0.3, 0.4) is 0 Å². The van der Waals surface area contributed by atoms with Crippen LogP contribution in [-0.4, -0.2) is 19.2 Å². The summed E-state index contributed by atoms with van der Waals surface area (Å²) in [5.74, 6) is 0.584. The molecule has 0 spiro atoms. The van der Waals surface area contributed by atoms with Crippen LogP contribution in [-0.2, 0) is 17.8 Å². The summed E-state index contributed by atoms with van der Waals surface area (Å²) in [6, 6.07) is 6.76. The van der Waals surface area contributed by atoms with E-state index in [-0.39, 0.29) is 0 Å². The lowest BCUT2D eigenvalue weighted by molar-refractivity contribution is 0.0294. The van der Waals surface area contributed by atoms with Crippen molar-refractivity contribution in [3.05, 3.63) is 34.9 Å². The van der Waals surface area contributed by atoms with Crippen LogP contribution in [0.15, 0.2) is 18.2 Å². The molecule has 0 unspecified atom stereocenters. The SMILES string of the molecule is CCCc1cccc2c1CO[C@@H]1CNC[C@H]21. The van der Waals surface area contributed by atoms with Crippen molar-refractivity contribution in [2.24, 2.45) is 0 Å². The van der Waals surface area contributed by atoms with Crippen LogP contribution in [0.1, 0.15) is 36.0 Å². The predicted octanol–water partition coefficient (Wildman–Crippen LogP) is 2.22. The van der Waals surface area contributed by atoms with E-state index in [2.05, 4.69) is 30.4 Å². The number of nitrogens with one attached hydrogen (secondary N) is 1. The van der Waals surface area contributed by atoms with Gasteiger partial charge in [-0.3, -0.25) is 0 Å². The van der Waals surface area contributed by atoms with E-state index in [4.69, 9.17) is 4.74 Å². The molecule has 0 saturated carbocycles. The first-order valence-corrected chi connectivity index (χ1v) is 6.33. The topological polar surface area (TPSA) is 21.3 Å². The Morgan fingerprint density at radius 1 is 1.38 bits per heavy atom. The molecule has 1 N–H and O–H groups in total. The van der Waals surface area contributed by atoms with Gasteiger partial charge in [0.1, 0.15) is 0 Å². The van der Waals surface area contributed by atoms with Crippen LogP contribution in [0.25, 0.3) is 0 Å². The van der Waals surface area contributed by atoms with Crippen LogP contribution in [0.4, 0.5) is 0 Å². The number of ether oxygens (including phenoxy) is 1. The second-order valence-corrected chi connectivity index (χ2v) is 4.85. The van der Waals surface area contributed by atoms with Crippen molar-refractivity contribution in [1.82, 2.24) is 5.32 Å². The Hall–Kier alpha value is -0.860. The fourth-order valence-corrected chi connectivity index (χ4v) is 3.01. The van der Waals surface area contributed by atoms with Crippen molar-refractivity contribution in [3.8, 4) is 0 Å². The summed E-state index contributed by atoms with van der Waals surface area (Å²) in [7, 11) is 0. The van der Waals surface area contributed by atoms with E-state index in [1.807, 2.05) is 0 Å². The first-order valence-electron chi connectivity index (χ1n) is 6.33. The Balaban J connectivity index is 2.00. The summed E-state index contributed by atoms with van der Waals surface area (Å²) in [5.41, 5.74) is 4.49. The van der Waals surface area contributed by atoms with E-state index in [1.165, 1.54) is 29.5 Å². The van der Waals surface area contributed by atoms with E-state index < -0.39 is 0 Å². The van der Waals surface area contributed by atoms with Gasteiger partial charge < -0.3 is 10.1 Å². The highest BCUT2D eigenvalue weighted by atomic mass is 16.5. The molecule has 0 aromatic heterocycles. The molecule has 0 radical (unpaired) electrons. The first kappa shape index (κ1) is 10.3. The van der Waals surface area contributed by atoms with E-state index in [1.54, 1.807) is 0 Å². The number of hydrogen-bond donors (Lipinski definition) is 1. The van der Waals surface area contributed by atoms with Gasteiger partial charge in [0.2, 0.25) is 0 Å². The highest BCUT2D eigenvalue weighted by Crippen LogP contribution is 2.35. The molecule has 2 heterocycles. The predicted molar refractivity (Wildman–Crippen MR) is 64.6 cm³/mol. The molecule has 2 aliphatic heterocycles. The van der Waals surface area contributed by atoms with Crippen molar-refractivity contribution in [2.75, 3.05) is 13.1 Å². The molecule has 2 atom stereocenters. The average molecular weight is 217 g/mol. The summed E-state index contributed by atoms with van der Waals surface area (Å²) in [6.07, 6.45) is 2.80. The van der Waals surface area contributed by atoms with Crippen LogP contribution in [0, 0.1) is 0 Å². The van der Waals surface area contributed by atoms with E-state index >= 15 is 0 Å². The molecule has 2 heteroatoms. The maximum absolute atomic E-state index is 5.95. The Morgan fingerprint density at radius 3 is 3.19 bits per heavy atom. The molecule has 2 nitrogen and oxygen atoms in total. The summed E-state index contributed by atoms with van der Waals surface area (Å²) in [6.45, 7) is 5.15. The van der Waals surface area contributed by atoms with Gasteiger partial charge in [0.15, 0.2) is 0 Å². The highest BCUT2D eigenvalue weighted by Gasteiger charge is 2.34. The number of fused-ring (bicyclic) bond motifs is 3. The largest absolute Gasteiger partial charge is 0.372 e. The Kier molecular flexibility index (Phi) is 2.70. The summed E-state index contributed by atoms with van der Waals surface area (Å²) < 4.78 is 5.95. The molecule has 1 fully saturated rings. The zero-order chi connectivity index (χ0) is 11.0. The van der Waals surface area contributed by atoms with Gasteiger partial charge in [-0.25, -0.2) is 0 Å². The second kappa shape index (κ2) is 4.19. The minimum absolute atomic E-state index is 0.407. The summed E-state index contributed by atoms with van der Waals surface area (Å²) >= 11 is 0. The first-order chi connectivity index (χ1) is 7.90. The van der Waals surface area contributed by atoms with Gasteiger partial charge in [0.25, 0.3) is 0 Å². The highest BCUT2D eigenvalue weighted by molar-refractivity contribution is 5.40. The van der Waals surface area contributed by atoms with Gasteiger partial charge in [0, 0.05) is 19.0 Å². The maximum Gasteiger partial charge on any atom is 0.0784 e. The normalized spacial score (nSPS) is 27.6. The number of aryl methyl sites for hydroxylation is 1. The van der Waals surface area contributed by atoms with Crippen molar-refractivity contribution in [3.63, 3.8) is 0 Å². The Morgan fingerprint density at radius 2 is 2.31 bits per heavy atom. The zero-order valence-electron chi connectivity index (χ0n) is 9.83. The third-order valence-corrected chi connectivity index (χ3v) is 3.83. The van der Waals surface area contributed by atoms with Crippen molar-refractivity contribution < 1.29 is 4.74 Å². The summed E-state index contributed by atoms with van der Waals surface area (Å²) in [5, 5.41) is 3.43. The van der Waals surface area contributed by atoms with Gasteiger partial charge in [-0.05, 0) is 23.1 Å². The standard InChI is InChI=1S/C14H19NO/c1-2-4-10-5-3-6-11-12-7-15-8-14(12)16-9-13(10)11/h3,5-6,12,14-15H,2,4,7-9H2,1H3/t12-,14-/m1/s1. The van der Waals surface area contributed by atoms with Gasteiger partial charge in [-0.15, -0.1) is 0 Å². The van der Waals surface area contributed by atoms with Gasteiger partial charge >= 0.3 is 0 Å². The minimum atomic E-state index is 0.407. The van der Waals surface area contributed by atoms with Crippen LogP contribution >= 0.6 is 0 Å². The quantitative estimate of drug-likeness (QED) is 0.820. The molecule has 1 aromatic carbocycles. The molecule has 1 saturated heterocycles. The Labute approximate surface area is 97.0 Å². The van der Waals surface area contributed by atoms with Crippen LogP contribution in [0.2, 0.25) is 0 Å². The molecule has 1 aromatic rings. The lowest BCUT2D eigenvalue weighted by atomic mass is 9.86. The lowest BCUT2D eigenvalue weighted by Gasteiger charge is -2.29. The smallest absolute Gasteiger partial charge is 0.0784 e. The zero-order valence-corrected chi connectivity index (χ0v) is 9.83. The van der Waals surface area contributed by atoms with Crippen LogP contribution < -0.4 is 5.32 Å². The minimum Gasteiger partial charge on any atom is -0.372 e. The van der Waals surface area contributed by atoms with E-state index in [0.29, 0.717) is 12.0 Å². The molecular formula is C14H19NO. The molecule has 0 amide bonds. The number of hydrogen-bond acceptors (Lipinski definition) is 2. The van der Waals surface area contributed by atoms with E-state index in [0.717, 1.165) is 19.7 Å². The molecular weight excluding hydrogens is 198 g/mol. The van der Waals surface area contributed by atoms with Gasteiger partial charge in [0.05, 0.1) is 12.7 Å². The van der Waals surface area contributed by atoms with Crippen molar-refractivity contribution >= 4 is 0 Å². The molecule has 2 aliphatic rings.